The van der Waals surface area contributed by atoms with Crippen LogP contribution in [-0.2, 0) is 16.6 Å². The Kier molecular flexibility index (Phi) is 4.15. The van der Waals surface area contributed by atoms with E-state index >= 15 is 0 Å². The third kappa shape index (κ3) is 3.20. The minimum atomic E-state index is -3.52. The van der Waals surface area contributed by atoms with E-state index in [-0.39, 0.29) is 5.09 Å². The summed E-state index contributed by atoms with van der Waals surface area (Å²) in [6, 6.07) is 9.21. The van der Waals surface area contributed by atoms with Gasteiger partial charge in [-0.2, -0.15) is 0 Å². The molecule has 0 saturated carbocycles. The van der Waals surface area contributed by atoms with Gasteiger partial charge in [0.05, 0.1) is 6.54 Å². The summed E-state index contributed by atoms with van der Waals surface area (Å²) >= 11 is 0. The lowest BCUT2D eigenvalue weighted by atomic mass is 10.1. The number of nitrogens with one attached hydrogen (secondary N) is 2. The van der Waals surface area contributed by atoms with E-state index in [1.165, 1.54) is 18.7 Å². The number of aryl methyl sites for hydroxylation is 2. The Bertz CT molecular complexity index is 705. The van der Waals surface area contributed by atoms with Gasteiger partial charge in [-0.3, -0.25) is 0 Å². The molecule has 1 heterocycles. The van der Waals surface area contributed by atoms with E-state index < -0.39 is 10.0 Å². The molecule has 0 amide bonds. The van der Waals surface area contributed by atoms with Crippen LogP contribution in [0.4, 0.5) is 5.69 Å². The average molecular weight is 294 g/mol. The highest BCUT2D eigenvalue weighted by Crippen LogP contribution is 2.19. The van der Waals surface area contributed by atoms with E-state index in [1.54, 1.807) is 6.07 Å². The predicted octanol–water partition coefficient (Wildman–Crippen LogP) is 2.42. The summed E-state index contributed by atoms with van der Waals surface area (Å²) in [4.78, 5) is 0. The fourth-order valence-corrected chi connectivity index (χ4v) is 2.56. The minimum Gasteiger partial charge on any atom is -0.446 e. The maximum absolute atomic E-state index is 11.6. The molecule has 6 heteroatoms. The number of sulfonamides is 1. The lowest BCUT2D eigenvalue weighted by molar-refractivity contribution is 0.417. The van der Waals surface area contributed by atoms with Crippen molar-refractivity contribution < 1.29 is 12.8 Å². The molecule has 0 bridgehead atoms. The van der Waals surface area contributed by atoms with E-state index in [4.69, 9.17) is 4.42 Å². The van der Waals surface area contributed by atoms with Crippen LogP contribution in [-0.4, -0.2) is 15.5 Å². The Morgan fingerprint density at radius 2 is 1.90 bits per heavy atom. The fourth-order valence-electron chi connectivity index (χ4n) is 1.89. The van der Waals surface area contributed by atoms with E-state index in [2.05, 4.69) is 16.1 Å². The molecular weight excluding hydrogens is 276 g/mol. The minimum absolute atomic E-state index is 0.0718. The molecule has 2 rings (SSSR count). The Balaban J connectivity index is 2.08. The average Bonchev–Trinajstić information content (AvgIpc) is 2.87. The van der Waals surface area contributed by atoms with Crippen LogP contribution >= 0.6 is 0 Å². The quantitative estimate of drug-likeness (QED) is 0.888. The molecule has 2 aromatic rings. The molecule has 108 valence electrons. The second-order valence-electron chi connectivity index (χ2n) is 4.60. The summed E-state index contributed by atoms with van der Waals surface area (Å²) in [5.74, 6) is 0.568. The topological polar surface area (TPSA) is 71.3 Å². The molecule has 0 aliphatic carbocycles. The van der Waals surface area contributed by atoms with Crippen LogP contribution in [0.3, 0.4) is 0 Å². The standard InChI is InChI=1S/C14H18N2O3S/c1-10-4-6-13(11(2)8-10)16-9-12-5-7-14(19-12)20(17,18)15-3/h4-8,15-16H,9H2,1-3H3. The third-order valence-corrected chi connectivity index (χ3v) is 4.29. The zero-order valence-corrected chi connectivity index (χ0v) is 12.5. The first-order chi connectivity index (χ1) is 9.42. The molecule has 0 aliphatic rings. The predicted molar refractivity (Wildman–Crippen MR) is 78.2 cm³/mol. The molecule has 0 aliphatic heterocycles. The van der Waals surface area contributed by atoms with Gasteiger partial charge in [0.15, 0.2) is 0 Å². The van der Waals surface area contributed by atoms with Gasteiger partial charge in [0.25, 0.3) is 10.0 Å². The van der Waals surface area contributed by atoms with Gasteiger partial charge < -0.3 is 9.73 Å². The second-order valence-corrected chi connectivity index (χ2v) is 6.42. The molecule has 1 aromatic heterocycles. The van der Waals surface area contributed by atoms with Gasteiger partial charge in [0.2, 0.25) is 5.09 Å². The summed E-state index contributed by atoms with van der Waals surface area (Å²) in [6.45, 7) is 4.50. The van der Waals surface area contributed by atoms with Crippen LogP contribution in [0.5, 0.6) is 0 Å². The van der Waals surface area contributed by atoms with Crippen LogP contribution in [0.1, 0.15) is 16.9 Å². The van der Waals surface area contributed by atoms with Crippen molar-refractivity contribution in [2.45, 2.75) is 25.5 Å². The second kappa shape index (κ2) is 5.68. The monoisotopic (exact) mass is 294 g/mol. The smallest absolute Gasteiger partial charge is 0.273 e. The van der Waals surface area contributed by atoms with Crippen molar-refractivity contribution >= 4 is 15.7 Å². The molecule has 0 saturated heterocycles. The summed E-state index contributed by atoms with van der Waals surface area (Å²) in [5.41, 5.74) is 3.35. The molecule has 1 aromatic carbocycles. The van der Waals surface area contributed by atoms with Crippen molar-refractivity contribution in [2.75, 3.05) is 12.4 Å². The summed E-state index contributed by atoms with van der Waals surface area (Å²) in [7, 11) is -2.17. The van der Waals surface area contributed by atoms with Crippen LogP contribution < -0.4 is 10.0 Å². The molecule has 0 radical (unpaired) electrons. The zero-order chi connectivity index (χ0) is 14.8. The summed E-state index contributed by atoms with van der Waals surface area (Å²) < 4.78 is 30.6. The highest BCUT2D eigenvalue weighted by atomic mass is 32.2. The molecule has 2 N–H and O–H groups in total. The number of hydrogen-bond acceptors (Lipinski definition) is 4. The van der Waals surface area contributed by atoms with Gasteiger partial charge in [-0.25, -0.2) is 13.1 Å². The number of hydrogen-bond donors (Lipinski definition) is 2. The Labute approximate surface area is 119 Å². The van der Waals surface area contributed by atoms with E-state index in [0.717, 1.165) is 11.3 Å². The van der Waals surface area contributed by atoms with Crippen molar-refractivity contribution in [1.82, 2.24) is 4.72 Å². The van der Waals surface area contributed by atoms with E-state index in [1.807, 2.05) is 26.0 Å². The SMILES string of the molecule is CNS(=O)(=O)c1ccc(CNc2ccc(C)cc2C)o1. The van der Waals surface area contributed by atoms with E-state index in [0.29, 0.717) is 12.3 Å². The van der Waals surface area contributed by atoms with Gasteiger partial charge in [0.1, 0.15) is 5.76 Å². The van der Waals surface area contributed by atoms with Gasteiger partial charge in [-0.15, -0.1) is 0 Å². The third-order valence-electron chi connectivity index (χ3n) is 3.01. The first-order valence-electron chi connectivity index (χ1n) is 6.26. The summed E-state index contributed by atoms with van der Waals surface area (Å²) in [5, 5.41) is 3.16. The van der Waals surface area contributed by atoms with Crippen molar-refractivity contribution in [3.63, 3.8) is 0 Å². The molecule has 0 spiro atoms. The number of furan rings is 1. The first kappa shape index (κ1) is 14.6. The Morgan fingerprint density at radius 3 is 2.55 bits per heavy atom. The number of rotatable bonds is 5. The van der Waals surface area contributed by atoms with E-state index in [9.17, 15) is 8.42 Å². The number of benzene rings is 1. The molecule has 0 unspecified atom stereocenters. The van der Waals surface area contributed by atoms with Gasteiger partial charge in [-0.1, -0.05) is 17.7 Å². The summed E-state index contributed by atoms with van der Waals surface area (Å²) in [6.07, 6.45) is 0. The van der Waals surface area contributed by atoms with Crippen LogP contribution in [0.15, 0.2) is 39.8 Å². The molecule has 20 heavy (non-hydrogen) atoms. The maximum Gasteiger partial charge on any atom is 0.273 e. The van der Waals surface area contributed by atoms with Crippen LogP contribution in [0.2, 0.25) is 0 Å². The van der Waals surface area contributed by atoms with Crippen molar-refractivity contribution in [2.24, 2.45) is 0 Å². The highest BCUT2D eigenvalue weighted by Gasteiger charge is 2.16. The zero-order valence-electron chi connectivity index (χ0n) is 11.7. The molecule has 0 atom stereocenters. The Hall–Kier alpha value is -1.79. The lowest BCUT2D eigenvalue weighted by Crippen LogP contribution is -2.17. The highest BCUT2D eigenvalue weighted by molar-refractivity contribution is 7.89. The Morgan fingerprint density at radius 1 is 1.15 bits per heavy atom. The molecule has 0 fully saturated rings. The van der Waals surface area contributed by atoms with Gasteiger partial charge in [0, 0.05) is 5.69 Å². The van der Waals surface area contributed by atoms with Gasteiger partial charge in [-0.05, 0) is 44.7 Å². The molecular formula is C14H18N2O3S. The fraction of sp³-hybridized carbons (Fsp3) is 0.286. The normalized spacial score (nSPS) is 11.6. The lowest BCUT2D eigenvalue weighted by Gasteiger charge is -2.08. The largest absolute Gasteiger partial charge is 0.446 e. The van der Waals surface area contributed by atoms with Crippen molar-refractivity contribution in [3.05, 3.63) is 47.2 Å². The molecule has 5 nitrogen and oxygen atoms in total. The first-order valence-corrected chi connectivity index (χ1v) is 7.74. The van der Waals surface area contributed by atoms with Crippen LogP contribution in [0.25, 0.3) is 0 Å². The number of anilines is 1. The van der Waals surface area contributed by atoms with Gasteiger partial charge >= 0.3 is 0 Å². The van der Waals surface area contributed by atoms with Crippen molar-refractivity contribution in [1.29, 1.82) is 0 Å². The van der Waals surface area contributed by atoms with Crippen molar-refractivity contribution in [3.8, 4) is 0 Å². The maximum atomic E-state index is 11.6. The van der Waals surface area contributed by atoms with Crippen LogP contribution in [0, 0.1) is 13.8 Å².